The summed E-state index contributed by atoms with van der Waals surface area (Å²) in [7, 11) is 1.83. The zero-order valence-corrected chi connectivity index (χ0v) is 14.9. The zero-order chi connectivity index (χ0) is 17.7. The molecule has 3 rings (SSSR count). The molecule has 1 saturated carbocycles. The molecule has 6 heteroatoms. The highest BCUT2D eigenvalue weighted by atomic mass is 32.1. The Bertz CT molecular complexity index is 764. The van der Waals surface area contributed by atoms with Crippen LogP contribution in [0, 0.1) is 5.82 Å². The minimum Gasteiger partial charge on any atom is -0.391 e. The zero-order valence-electron chi connectivity index (χ0n) is 14.0. The predicted molar refractivity (Wildman–Crippen MR) is 100 cm³/mol. The van der Waals surface area contributed by atoms with Gasteiger partial charge in [-0.05, 0) is 48.6 Å². The van der Waals surface area contributed by atoms with Crippen LogP contribution in [0.1, 0.15) is 30.4 Å². The van der Waals surface area contributed by atoms with Crippen molar-refractivity contribution in [3.63, 3.8) is 0 Å². The summed E-state index contributed by atoms with van der Waals surface area (Å²) in [6.07, 6.45) is 6.26. The van der Waals surface area contributed by atoms with Gasteiger partial charge in [-0.15, -0.1) is 0 Å². The molecule has 0 saturated heterocycles. The summed E-state index contributed by atoms with van der Waals surface area (Å²) >= 11 is 5.63. The van der Waals surface area contributed by atoms with E-state index in [4.69, 9.17) is 17.1 Å². The van der Waals surface area contributed by atoms with E-state index in [-0.39, 0.29) is 5.82 Å². The first-order valence-electron chi connectivity index (χ1n) is 8.23. The fourth-order valence-electron chi connectivity index (χ4n) is 3.28. The van der Waals surface area contributed by atoms with Gasteiger partial charge in [0.1, 0.15) is 12.4 Å². The number of rotatable bonds is 5. The molecule has 0 bridgehead atoms. The van der Waals surface area contributed by atoms with Crippen molar-refractivity contribution in [2.75, 3.05) is 7.05 Å². The molecular weight excluding hydrogens is 337 g/mol. The first-order valence-corrected chi connectivity index (χ1v) is 8.64. The normalized spacial score (nSPS) is 21.3. The van der Waals surface area contributed by atoms with Crippen LogP contribution in [0.3, 0.4) is 0 Å². The van der Waals surface area contributed by atoms with E-state index < -0.39 is 5.41 Å². The molecule has 1 aliphatic rings. The lowest BCUT2D eigenvalue weighted by Gasteiger charge is -2.30. The molecule has 1 atom stereocenters. The van der Waals surface area contributed by atoms with E-state index in [0.717, 1.165) is 41.1 Å². The van der Waals surface area contributed by atoms with Crippen molar-refractivity contribution < 1.29 is 9.23 Å². The molecule has 130 valence electrons. The summed E-state index contributed by atoms with van der Waals surface area (Å²) in [6.45, 7) is 0.291. The predicted octanol–water partition coefficient (Wildman–Crippen LogP) is 3.76. The number of nitrogens with zero attached hydrogens (tertiary/aromatic N) is 2. The van der Waals surface area contributed by atoms with Crippen molar-refractivity contribution in [1.29, 1.82) is 0 Å². The van der Waals surface area contributed by atoms with Gasteiger partial charge in [0.15, 0.2) is 0 Å². The van der Waals surface area contributed by atoms with Gasteiger partial charge in [0.2, 0.25) is 0 Å². The summed E-state index contributed by atoms with van der Waals surface area (Å²) in [5, 5.41) is 7.52. The van der Waals surface area contributed by atoms with Gasteiger partial charge in [0.25, 0.3) is 0 Å². The van der Waals surface area contributed by atoms with Gasteiger partial charge in [0.05, 0.1) is 16.1 Å². The van der Waals surface area contributed by atoms with Crippen LogP contribution in [-0.2, 0) is 16.9 Å². The van der Waals surface area contributed by atoms with Crippen LogP contribution in [0.2, 0.25) is 0 Å². The number of likely N-dealkylation sites (N-methyl/N-ethyl adjacent to an activating group) is 1. The summed E-state index contributed by atoms with van der Waals surface area (Å²) in [5.41, 5.74) is 2.33. The number of aromatic nitrogens is 1. The lowest BCUT2D eigenvalue weighted by Crippen LogP contribution is -2.45. The maximum atomic E-state index is 13.0. The average molecular weight is 357 g/mol. The molecule has 0 spiro atoms. The maximum absolute atomic E-state index is 13.0. The highest BCUT2D eigenvalue weighted by molar-refractivity contribution is 7.80. The van der Waals surface area contributed by atoms with Crippen LogP contribution in [0.15, 0.2) is 53.9 Å². The molecule has 1 fully saturated rings. The molecule has 4 nitrogen and oxygen atoms in total. The standard InChI is InChI=1S/C19H20FN3OS/c1-21-18(25)19(15-4-3-11-22-12-15)10-2-5-17(19)23-24-13-14-6-8-16(20)9-7-14/h3-4,6-9,11-12H,2,5,10,13H2,1H3,(H,21,25)/b23-17-. The molecule has 0 aliphatic heterocycles. The van der Waals surface area contributed by atoms with Crippen molar-refractivity contribution in [3.05, 3.63) is 65.7 Å². The smallest absolute Gasteiger partial charge is 0.142 e. The average Bonchev–Trinajstić information content (AvgIpc) is 3.08. The molecule has 1 aromatic carbocycles. The molecule has 2 aromatic rings. The van der Waals surface area contributed by atoms with Crippen LogP contribution in [0.25, 0.3) is 0 Å². The fraction of sp³-hybridized carbons (Fsp3) is 0.316. The highest BCUT2D eigenvalue weighted by Crippen LogP contribution is 2.40. The lowest BCUT2D eigenvalue weighted by molar-refractivity contribution is 0.129. The number of pyridine rings is 1. The van der Waals surface area contributed by atoms with E-state index in [1.807, 2.05) is 25.4 Å². The van der Waals surface area contributed by atoms with Crippen molar-refractivity contribution in [2.24, 2.45) is 5.16 Å². The van der Waals surface area contributed by atoms with Crippen LogP contribution < -0.4 is 5.32 Å². The summed E-state index contributed by atoms with van der Waals surface area (Å²) < 4.78 is 13.0. The Morgan fingerprint density at radius 3 is 2.84 bits per heavy atom. The van der Waals surface area contributed by atoms with Crippen LogP contribution >= 0.6 is 12.2 Å². The van der Waals surface area contributed by atoms with Gasteiger partial charge < -0.3 is 10.2 Å². The van der Waals surface area contributed by atoms with E-state index in [1.165, 1.54) is 12.1 Å². The van der Waals surface area contributed by atoms with Gasteiger partial charge in [-0.25, -0.2) is 4.39 Å². The number of nitrogens with one attached hydrogen (secondary N) is 1. The minimum absolute atomic E-state index is 0.263. The Labute approximate surface area is 152 Å². The second-order valence-corrected chi connectivity index (χ2v) is 6.43. The van der Waals surface area contributed by atoms with E-state index in [9.17, 15) is 4.39 Å². The summed E-state index contributed by atoms with van der Waals surface area (Å²) in [4.78, 5) is 10.5. The summed E-state index contributed by atoms with van der Waals surface area (Å²) in [6, 6.07) is 10.1. The summed E-state index contributed by atoms with van der Waals surface area (Å²) in [5.74, 6) is -0.263. The minimum atomic E-state index is -0.471. The molecule has 1 aromatic heterocycles. The molecule has 1 heterocycles. The molecular formula is C19H20FN3OS. The molecule has 0 amide bonds. The third-order valence-electron chi connectivity index (χ3n) is 4.55. The Morgan fingerprint density at radius 2 is 2.16 bits per heavy atom. The van der Waals surface area contributed by atoms with Crippen molar-refractivity contribution in [3.8, 4) is 0 Å². The topological polar surface area (TPSA) is 46.5 Å². The number of thiocarbonyl (C=S) groups is 1. The van der Waals surface area contributed by atoms with Gasteiger partial charge in [-0.3, -0.25) is 4.98 Å². The maximum Gasteiger partial charge on any atom is 0.142 e. The van der Waals surface area contributed by atoms with Gasteiger partial charge in [-0.2, -0.15) is 0 Å². The molecule has 1 aliphatic carbocycles. The first-order chi connectivity index (χ1) is 12.2. The number of hydrogen-bond acceptors (Lipinski definition) is 4. The Kier molecular flexibility index (Phi) is 5.38. The molecule has 1 unspecified atom stereocenters. The van der Waals surface area contributed by atoms with E-state index in [1.54, 1.807) is 18.3 Å². The molecule has 0 radical (unpaired) electrons. The second-order valence-electron chi connectivity index (χ2n) is 6.02. The van der Waals surface area contributed by atoms with Gasteiger partial charge in [0, 0.05) is 19.4 Å². The number of benzene rings is 1. The quantitative estimate of drug-likeness (QED) is 0.654. The van der Waals surface area contributed by atoms with Crippen molar-refractivity contribution in [1.82, 2.24) is 10.3 Å². The Balaban J connectivity index is 1.85. The van der Waals surface area contributed by atoms with Gasteiger partial charge >= 0.3 is 0 Å². The first kappa shape index (κ1) is 17.5. The third-order valence-corrected chi connectivity index (χ3v) is 5.10. The van der Waals surface area contributed by atoms with E-state index in [2.05, 4.69) is 15.5 Å². The van der Waals surface area contributed by atoms with E-state index in [0.29, 0.717) is 6.61 Å². The fourth-order valence-corrected chi connectivity index (χ4v) is 3.62. The Morgan fingerprint density at radius 1 is 1.36 bits per heavy atom. The monoisotopic (exact) mass is 357 g/mol. The molecule has 1 N–H and O–H groups in total. The van der Waals surface area contributed by atoms with Crippen molar-refractivity contribution in [2.45, 2.75) is 31.3 Å². The lowest BCUT2D eigenvalue weighted by atomic mass is 9.78. The third kappa shape index (κ3) is 3.54. The Hall–Kier alpha value is -2.34. The van der Waals surface area contributed by atoms with E-state index >= 15 is 0 Å². The number of halogens is 1. The van der Waals surface area contributed by atoms with Crippen LogP contribution in [0.4, 0.5) is 4.39 Å². The van der Waals surface area contributed by atoms with Gasteiger partial charge in [-0.1, -0.05) is 35.6 Å². The largest absolute Gasteiger partial charge is 0.391 e. The number of oxime groups is 1. The van der Waals surface area contributed by atoms with Crippen LogP contribution in [-0.4, -0.2) is 22.7 Å². The SMILES string of the molecule is CNC(=S)C1(c2cccnc2)CCC/C1=N/OCc1ccc(F)cc1. The van der Waals surface area contributed by atoms with Crippen LogP contribution in [0.5, 0.6) is 0 Å². The molecule has 25 heavy (non-hydrogen) atoms. The number of hydrogen-bond donors (Lipinski definition) is 1. The van der Waals surface area contributed by atoms with Crippen molar-refractivity contribution >= 4 is 22.9 Å². The second kappa shape index (κ2) is 7.70. The highest BCUT2D eigenvalue weighted by Gasteiger charge is 2.46.